The first-order chi connectivity index (χ1) is 7.08. The highest BCUT2D eigenvalue weighted by molar-refractivity contribution is 9.10. The SMILES string of the molecule is NC(=O)Oc1[nH]c2ccc(Br)cc2c1N. The van der Waals surface area contributed by atoms with Gasteiger partial charge in [0.25, 0.3) is 0 Å². The van der Waals surface area contributed by atoms with E-state index in [-0.39, 0.29) is 5.88 Å². The van der Waals surface area contributed by atoms with Gasteiger partial charge in [0.1, 0.15) is 5.69 Å². The minimum atomic E-state index is -0.896. The van der Waals surface area contributed by atoms with Crippen molar-refractivity contribution in [1.29, 1.82) is 0 Å². The number of H-pyrrole nitrogens is 1. The number of carbonyl (C=O) groups excluding carboxylic acids is 1. The summed E-state index contributed by atoms with van der Waals surface area (Å²) >= 11 is 3.32. The molecule has 0 bridgehead atoms. The zero-order valence-electron chi connectivity index (χ0n) is 7.58. The summed E-state index contributed by atoms with van der Waals surface area (Å²) in [7, 11) is 0. The third-order valence-corrected chi connectivity index (χ3v) is 2.46. The number of ether oxygens (including phenoxy) is 1. The molecule has 0 aliphatic rings. The molecule has 2 rings (SSSR count). The molecule has 78 valence electrons. The van der Waals surface area contributed by atoms with Gasteiger partial charge >= 0.3 is 6.09 Å². The van der Waals surface area contributed by atoms with Gasteiger partial charge in [-0.1, -0.05) is 15.9 Å². The summed E-state index contributed by atoms with van der Waals surface area (Å²) in [5.74, 6) is 0.176. The fraction of sp³-hybridized carbons (Fsp3) is 0. The Labute approximate surface area is 93.5 Å². The predicted molar refractivity (Wildman–Crippen MR) is 60.6 cm³/mol. The Morgan fingerprint density at radius 2 is 2.20 bits per heavy atom. The lowest BCUT2D eigenvalue weighted by Gasteiger charge is -1.97. The van der Waals surface area contributed by atoms with Gasteiger partial charge in [0.15, 0.2) is 0 Å². The monoisotopic (exact) mass is 269 g/mol. The molecule has 0 saturated carbocycles. The molecule has 0 aliphatic carbocycles. The maximum Gasteiger partial charge on any atom is 0.411 e. The summed E-state index contributed by atoms with van der Waals surface area (Å²) < 4.78 is 5.61. The molecule has 0 atom stereocenters. The van der Waals surface area contributed by atoms with Crippen molar-refractivity contribution in [3.05, 3.63) is 22.7 Å². The van der Waals surface area contributed by atoms with E-state index in [0.717, 1.165) is 15.4 Å². The van der Waals surface area contributed by atoms with Crippen LogP contribution in [0.1, 0.15) is 0 Å². The molecule has 2 aromatic rings. The largest absolute Gasteiger partial charge is 0.411 e. The Balaban J connectivity index is 2.59. The zero-order chi connectivity index (χ0) is 11.0. The van der Waals surface area contributed by atoms with Crippen molar-refractivity contribution in [2.24, 2.45) is 5.73 Å². The van der Waals surface area contributed by atoms with Crippen LogP contribution >= 0.6 is 15.9 Å². The maximum atomic E-state index is 10.6. The minimum absolute atomic E-state index is 0.176. The third-order valence-electron chi connectivity index (χ3n) is 1.97. The molecule has 1 amide bonds. The number of halogens is 1. The first-order valence-electron chi connectivity index (χ1n) is 4.12. The number of aromatic amines is 1. The van der Waals surface area contributed by atoms with E-state index >= 15 is 0 Å². The van der Waals surface area contributed by atoms with Crippen LogP contribution in [0, 0.1) is 0 Å². The topological polar surface area (TPSA) is 94.1 Å². The van der Waals surface area contributed by atoms with Gasteiger partial charge in [0.2, 0.25) is 5.88 Å². The number of rotatable bonds is 1. The van der Waals surface area contributed by atoms with Gasteiger partial charge in [-0.15, -0.1) is 0 Å². The predicted octanol–water partition coefficient (Wildman–Crippen LogP) is 1.97. The molecule has 0 unspecified atom stereocenters. The van der Waals surface area contributed by atoms with Crippen molar-refractivity contribution in [2.75, 3.05) is 5.73 Å². The van der Waals surface area contributed by atoms with Crippen molar-refractivity contribution < 1.29 is 9.53 Å². The van der Waals surface area contributed by atoms with Gasteiger partial charge in [-0.2, -0.15) is 0 Å². The molecule has 0 fully saturated rings. The highest BCUT2D eigenvalue weighted by Crippen LogP contribution is 2.32. The number of nitrogen functional groups attached to an aromatic ring is 1. The number of fused-ring (bicyclic) bond motifs is 1. The van der Waals surface area contributed by atoms with Gasteiger partial charge in [-0.3, -0.25) is 0 Å². The van der Waals surface area contributed by atoms with E-state index in [2.05, 4.69) is 20.9 Å². The molecule has 5 N–H and O–H groups in total. The molecule has 1 aromatic heterocycles. The molecule has 15 heavy (non-hydrogen) atoms. The summed E-state index contributed by atoms with van der Waals surface area (Å²) in [6.07, 6.45) is -0.896. The van der Waals surface area contributed by atoms with E-state index < -0.39 is 6.09 Å². The summed E-state index contributed by atoms with van der Waals surface area (Å²) in [6, 6.07) is 5.50. The van der Waals surface area contributed by atoms with Gasteiger partial charge < -0.3 is 21.2 Å². The van der Waals surface area contributed by atoms with Crippen LogP contribution in [0.4, 0.5) is 10.5 Å². The van der Waals surface area contributed by atoms with Crippen molar-refractivity contribution in [3.63, 3.8) is 0 Å². The highest BCUT2D eigenvalue weighted by Gasteiger charge is 2.11. The number of hydrogen-bond acceptors (Lipinski definition) is 3. The van der Waals surface area contributed by atoms with Crippen molar-refractivity contribution >= 4 is 38.6 Å². The smallest absolute Gasteiger partial charge is 0.394 e. The molecule has 0 aliphatic heterocycles. The van der Waals surface area contributed by atoms with Crippen molar-refractivity contribution in [1.82, 2.24) is 4.98 Å². The number of amides is 1. The van der Waals surface area contributed by atoms with E-state index in [1.54, 1.807) is 0 Å². The average Bonchev–Trinajstić information content (AvgIpc) is 2.44. The summed E-state index contributed by atoms with van der Waals surface area (Å²) in [5.41, 5.74) is 11.8. The quantitative estimate of drug-likeness (QED) is 0.739. The number of carbonyl (C=O) groups is 1. The second kappa shape index (κ2) is 3.47. The molecule has 0 saturated heterocycles. The number of anilines is 1. The molecule has 0 radical (unpaired) electrons. The Morgan fingerprint density at radius 3 is 2.87 bits per heavy atom. The van der Waals surface area contributed by atoms with Crippen LogP contribution in [0.15, 0.2) is 22.7 Å². The molecule has 6 heteroatoms. The first-order valence-corrected chi connectivity index (χ1v) is 4.91. The molecule has 5 nitrogen and oxygen atoms in total. The Morgan fingerprint density at radius 1 is 1.47 bits per heavy atom. The third kappa shape index (κ3) is 1.75. The van der Waals surface area contributed by atoms with Crippen LogP contribution < -0.4 is 16.2 Å². The van der Waals surface area contributed by atoms with Crippen molar-refractivity contribution in [2.45, 2.75) is 0 Å². The van der Waals surface area contributed by atoms with E-state index in [9.17, 15) is 4.79 Å². The Bertz CT molecular complexity index is 535. The Kier molecular flexibility index (Phi) is 2.28. The standard InChI is InChI=1S/C9H8BrN3O2/c10-4-1-2-6-5(3-4)7(11)8(13-6)15-9(12)14/h1-3,13H,11H2,(H2,12,14). The fourth-order valence-electron chi connectivity index (χ4n) is 1.34. The molecule has 1 aromatic carbocycles. The lowest BCUT2D eigenvalue weighted by molar-refractivity contribution is 0.209. The number of nitrogens with two attached hydrogens (primary N) is 2. The fourth-order valence-corrected chi connectivity index (χ4v) is 1.70. The van der Waals surface area contributed by atoms with Gasteiger partial charge in [-0.25, -0.2) is 4.79 Å². The zero-order valence-corrected chi connectivity index (χ0v) is 9.17. The first kappa shape index (κ1) is 9.85. The van der Waals surface area contributed by atoms with Gasteiger partial charge in [-0.05, 0) is 18.2 Å². The number of nitrogens with one attached hydrogen (secondary N) is 1. The van der Waals surface area contributed by atoms with Crippen LogP contribution in [0.2, 0.25) is 0 Å². The van der Waals surface area contributed by atoms with Crippen LogP contribution in [0.25, 0.3) is 10.9 Å². The maximum absolute atomic E-state index is 10.6. The van der Waals surface area contributed by atoms with Crippen molar-refractivity contribution in [3.8, 4) is 5.88 Å². The van der Waals surface area contributed by atoms with E-state index in [4.69, 9.17) is 16.2 Å². The Hall–Kier alpha value is -1.69. The lowest BCUT2D eigenvalue weighted by Crippen LogP contribution is -2.17. The van der Waals surface area contributed by atoms with Gasteiger partial charge in [0.05, 0.1) is 5.52 Å². The highest BCUT2D eigenvalue weighted by atomic mass is 79.9. The average molecular weight is 270 g/mol. The molecular formula is C9H8BrN3O2. The van der Waals surface area contributed by atoms with Gasteiger partial charge in [0, 0.05) is 9.86 Å². The number of benzene rings is 1. The molecule has 0 spiro atoms. The second-order valence-corrected chi connectivity index (χ2v) is 3.89. The number of aromatic nitrogens is 1. The summed E-state index contributed by atoms with van der Waals surface area (Å²) in [5, 5.41) is 0.778. The summed E-state index contributed by atoms with van der Waals surface area (Å²) in [6.45, 7) is 0. The van der Waals surface area contributed by atoms with Crippen LogP contribution in [-0.4, -0.2) is 11.1 Å². The van der Waals surface area contributed by atoms with E-state index in [1.165, 1.54) is 0 Å². The minimum Gasteiger partial charge on any atom is -0.394 e. The second-order valence-electron chi connectivity index (χ2n) is 2.98. The van der Waals surface area contributed by atoms with Crippen LogP contribution in [0.5, 0.6) is 5.88 Å². The summed E-state index contributed by atoms with van der Waals surface area (Å²) in [4.78, 5) is 13.4. The molecule has 1 heterocycles. The molecular weight excluding hydrogens is 262 g/mol. The normalized spacial score (nSPS) is 10.5. The van der Waals surface area contributed by atoms with E-state index in [1.807, 2.05) is 18.2 Å². The number of hydrogen-bond donors (Lipinski definition) is 3. The number of primary amides is 1. The lowest BCUT2D eigenvalue weighted by atomic mass is 10.2. The van der Waals surface area contributed by atoms with Crippen LogP contribution in [-0.2, 0) is 0 Å². The van der Waals surface area contributed by atoms with Crippen LogP contribution in [0.3, 0.4) is 0 Å². The van der Waals surface area contributed by atoms with E-state index in [0.29, 0.717) is 5.69 Å².